The van der Waals surface area contributed by atoms with Crippen molar-refractivity contribution < 1.29 is 4.74 Å². The van der Waals surface area contributed by atoms with Crippen LogP contribution in [-0.2, 0) is 4.74 Å². The molecule has 0 amide bonds. The first-order chi connectivity index (χ1) is 13.5. The number of hydrogen-bond acceptors (Lipinski definition) is 4. The largest absolute Gasteiger partial charge is 0.377 e. The Morgan fingerprint density at radius 1 is 1.24 bits per heavy atom. The molecule has 29 heavy (non-hydrogen) atoms. The zero-order chi connectivity index (χ0) is 20.0. The van der Waals surface area contributed by atoms with Crippen molar-refractivity contribution in [1.82, 2.24) is 15.6 Å². The summed E-state index contributed by atoms with van der Waals surface area (Å²) < 4.78 is 6.11. The summed E-state index contributed by atoms with van der Waals surface area (Å²) in [6.07, 6.45) is 6.72. The molecule has 0 aromatic carbocycles. The summed E-state index contributed by atoms with van der Waals surface area (Å²) in [4.78, 5) is 11.3. The lowest BCUT2D eigenvalue weighted by Gasteiger charge is -2.40. The van der Waals surface area contributed by atoms with Crippen LogP contribution in [-0.4, -0.2) is 56.4 Å². The summed E-state index contributed by atoms with van der Waals surface area (Å²) in [5, 5.41) is 7.19. The van der Waals surface area contributed by atoms with Crippen molar-refractivity contribution in [3.8, 4) is 0 Å². The third-order valence-corrected chi connectivity index (χ3v) is 5.86. The number of anilines is 1. The van der Waals surface area contributed by atoms with Gasteiger partial charge in [-0.15, -0.1) is 24.0 Å². The lowest BCUT2D eigenvalue weighted by molar-refractivity contribution is -0.0835. The van der Waals surface area contributed by atoms with E-state index in [0.29, 0.717) is 18.1 Å². The number of rotatable bonds is 4. The molecule has 1 aromatic heterocycles. The number of ether oxygens (including phenoxy) is 1. The van der Waals surface area contributed by atoms with E-state index in [1.807, 2.05) is 19.3 Å². The molecule has 2 fully saturated rings. The minimum atomic E-state index is 0. The number of nitrogens with one attached hydrogen (secondary N) is 2. The number of guanidine groups is 1. The van der Waals surface area contributed by atoms with E-state index in [4.69, 9.17) is 4.74 Å². The van der Waals surface area contributed by atoms with Crippen LogP contribution in [0.1, 0.15) is 46.5 Å². The average Bonchev–Trinajstić information content (AvgIpc) is 2.72. The normalized spacial score (nSPS) is 24.0. The molecule has 2 atom stereocenters. The van der Waals surface area contributed by atoms with Crippen LogP contribution in [0.5, 0.6) is 0 Å². The SMILES string of the molecule is CN=C(NCC1CCCOC1C(C)(C)C)NC1CCN(c2ccccn2)CC1.I. The third kappa shape index (κ3) is 6.98. The summed E-state index contributed by atoms with van der Waals surface area (Å²) in [7, 11) is 1.86. The van der Waals surface area contributed by atoms with Crippen LogP contribution < -0.4 is 15.5 Å². The van der Waals surface area contributed by atoms with Crippen molar-refractivity contribution in [1.29, 1.82) is 0 Å². The van der Waals surface area contributed by atoms with E-state index >= 15 is 0 Å². The second kappa shape index (κ2) is 11.3. The third-order valence-electron chi connectivity index (χ3n) is 5.86. The first-order valence-corrected chi connectivity index (χ1v) is 10.7. The van der Waals surface area contributed by atoms with E-state index in [-0.39, 0.29) is 29.4 Å². The van der Waals surface area contributed by atoms with Gasteiger partial charge in [-0.25, -0.2) is 4.98 Å². The van der Waals surface area contributed by atoms with Gasteiger partial charge in [-0.2, -0.15) is 0 Å². The van der Waals surface area contributed by atoms with E-state index in [9.17, 15) is 0 Å². The number of pyridine rings is 1. The molecule has 0 saturated carbocycles. The maximum atomic E-state index is 6.11. The van der Waals surface area contributed by atoms with E-state index in [1.165, 1.54) is 6.42 Å². The Kier molecular flexibility index (Phi) is 9.46. The van der Waals surface area contributed by atoms with Gasteiger partial charge < -0.3 is 20.3 Å². The molecule has 0 bridgehead atoms. The Labute approximate surface area is 193 Å². The Balaban J connectivity index is 0.00000300. The number of piperidine rings is 1. The van der Waals surface area contributed by atoms with Crippen molar-refractivity contribution in [2.45, 2.75) is 58.6 Å². The molecule has 0 spiro atoms. The summed E-state index contributed by atoms with van der Waals surface area (Å²) >= 11 is 0. The maximum Gasteiger partial charge on any atom is 0.191 e. The molecular weight excluding hydrogens is 477 g/mol. The molecule has 7 heteroatoms. The van der Waals surface area contributed by atoms with E-state index in [2.05, 4.69) is 58.4 Å². The summed E-state index contributed by atoms with van der Waals surface area (Å²) in [5.41, 5.74) is 0.169. The van der Waals surface area contributed by atoms with Crippen LogP contribution in [0.25, 0.3) is 0 Å². The van der Waals surface area contributed by atoms with Gasteiger partial charge >= 0.3 is 0 Å². The molecule has 3 heterocycles. The zero-order valence-corrected chi connectivity index (χ0v) is 20.7. The number of nitrogens with zero attached hydrogens (tertiary/aromatic N) is 3. The fourth-order valence-corrected chi connectivity index (χ4v) is 4.42. The van der Waals surface area contributed by atoms with Crippen LogP contribution in [0.3, 0.4) is 0 Å². The molecule has 0 radical (unpaired) electrons. The fraction of sp³-hybridized carbons (Fsp3) is 0.727. The smallest absolute Gasteiger partial charge is 0.191 e. The summed E-state index contributed by atoms with van der Waals surface area (Å²) in [6, 6.07) is 6.56. The lowest BCUT2D eigenvalue weighted by atomic mass is 9.78. The Bertz CT molecular complexity index is 626. The average molecular weight is 515 g/mol. The zero-order valence-electron chi connectivity index (χ0n) is 18.4. The van der Waals surface area contributed by atoms with Crippen LogP contribution in [0, 0.1) is 11.3 Å². The lowest BCUT2D eigenvalue weighted by Crippen LogP contribution is -2.51. The number of aromatic nitrogens is 1. The van der Waals surface area contributed by atoms with Gasteiger partial charge in [0.1, 0.15) is 5.82 Å². The molecule has 6 nitrogen and oxygen atoms in total. The van der Waals surface area contributed by atoms with E-state index < -0.39 is 0 Å². The second-order valence-corrected chi connectivity index (χ2v) is 9.11. The molecule has 0 aliphatic carbocycles. The summed E-state index contributed by atoms with van der Waals surface area (Å²) in [5.74, 6) is 2.52. The molecule has 2 saturated heterocycles. The van der Waals surface area contributed by atoms with Gasteiger partial charge in [0.15, 0.2) is 5.96 Å². The quantitative estimate of drug-likeness (QED) is 0.364. The molecule has 2 aliphatic heterocycles. The number of halogens is 1. The van der Waals surface area contributed by atoms with Crippen molar-refractivity contribution in [2.24, 2.45) is 16.3 Å². The molecule has 3 rings (SSSR count). The van der Waals surface area contributed by atoms with Crippen LogP contribution in [0.2, 0.25) is 0 Å². The summed E-state index contributed by atoms with van der Waals surface area (Å²) in [6.45, 7) is 10.7. The van der Waals surface area contributed by atoms with Crippen LogP contribution in [0.15, 0.2) is 29.4 Å². The van der Waals surface area contributed by atoms with Gasteiger partial charge in [0.2, 0.25) is 0 Å². The number of hydrogen-bond donors (Lipinski definition) is 2. The standard InChI is InChI=1S/C22H37N5O.HI/c1-22(2,3)20-17(8-7-15-28-20)16-25-21(23-4)26-18-10-13-27(14-11-18)19-9-5-6-12-24-19;/h5-6,9,12,17-18,20H,7-8,10-11,13-16H2,1-4H3,(H2,23,25,26);1H. The monoisotopic (exact) mass is 515 g/mol. The second-order valence-electron chi connectivity index (χ2n) is 9.11. The maximum absolute atomic E-state index is 6.11. The minimum Gasteiger partial charge on any atom is -0.377 e. The topological polar surface area (TPSA) is 61.8 Å². The van der Waals surface area contributed by atoms with Crippen molar-refractivity contribution in [3.05, 3.63) is 24.4 Å². The highest BCUT2D eigenvalue weighted by molar-refractivity contribution is 14.0. The highest BCUT2D eigenvalue weighted by Gasteiger charge is 2.35. The molecule has 2 aliphatic rings. The minimum absolute atomic E-state index is 0. The first kappa shape index (κ1) is 24.2. The van der Waals surface area contributed by atoms with Gasteiger partial charge in [-0.05, 0) is 43.2 Å². The fourth-order valence-electron chi connectivity index (χ4n) is 4.42. The number of aliphatic imine (C=N–C) groups is 1. The molecule has 1 aromatic rings. The van der Waals surface area contributed by atoms with Crippen LogP contribution in [0.4, 0.5) is 5.82 Å². The van der Waals surface area contributed by atoms with Gasteiger partial charge in [0, 0.05) is 51.4 Å². The van der Waals surface area contributed by atoms with Crippen molar-refractivity contribution in [3.63, 3.8) is 0 Å². The molecular formula is C22H38IN5O. The highest BCUT2D eigenvalue weighted by Crippen LogP contribution is 2.33. The van der Waals surface area contributed by atoms with Gasteiger partial charge in [0.25, 0.3) is 0 Å². The van der Waals surface area contributed by atoms with Crippen molar-refractivity contribution in [2.75, 3.05) is 38.2 Å². The Morgan fingerprint density at radius 3 is 2.62 bits per heavy atom. The van der Waals surface area contributed by atoms with Gasteiger partial charge in [-0.3, -0.25) is 4.99 Å². The highest BCUT2D eigenvalue weighted by atomic mass is 127. The Morgan fingerprint density at radius 2 is 2.00 bits per heavy atom. The van der Waals surface area contributed by atoms with Crippen molar-refractivity contribution >= 4 is 35.8 Å². The first-order valence-electron chi connectivity index (χ1n) is 10.7. The van der Waals surface area contributed by atoms with E-state index in [0.717, 1.165) is 57.3 Å². The van der Waals surface area contributed by atoms with Gasteiger partial charge in [0.05, 0.1) is 6.10 Å². The predicted octanol–water partition coefficient (Wildman–Crippen LogP) is 3.67. The van der Waals surface area contributed by atoms with Gasteiger partial charge in [-0.1, -0.05) is 26.8 Å². The molecule has 164 valence electrons. The molecule has 2 unspecified atom stereocenters. The van der Waals surface area contributed by atoms with E-state index in [1.54, 1.807) is 0 Å². The van der Waals surface area contributed by atoms with Crippen LogP contribution >= 0.6 is 24.0 Å². The Hall–Kier alpha value is -1.09. The predicted molar refractivity (Wildman–Crippen MR) is 131 cm³/mol. The molecule has 2 N–H and O–H groups in total.